The fourth-order valence-electron chi connectivity index (χ4n) is 0.199. The Bertz CT molecular complexity index is 121. The first kappa shape index (κ1) is 8.57. The van der Waals surface area contributed by atoms with E-state index in [0.29, 0.717) is 0 Å². The molecule has 0 N–H and O–H groups in total. The van der Waals surface area contributed by atoms with Gasteiger partial charge >= 0.3 is 0 Å². The van der Waals surface area contributed by atoms with Crippen LogP contribution in [0.4, 0.5) is 13.2 Å². The maximum absolute atomic E-state index is 11.8. The van der Waals surface area contributed by atoms with Crippen molar-refractivity contribution in [3.05, 3.63) is 0 Å². The minimum absolute atomic E-state index is 0.967. The van der Waals surface area contributed by atoms with Crippen molar-refractivity contribution >= 4 is 11.6 Å². The van der Waals surface area contributed by atoms with Gasteiger partial charge in [0.1, 0.15) is 11.4 Å². The van der Waals surface area contributed by atoms with E-state index in [1.165, 1.54) is 0 Å². The molecule has 0 aliphatic carbocycles. The molecular weight excluding hydrogens is 154 g/mol. The molecule has 0 radical (unpaired) electrons. The van der Waals surface area contributed by atoms with Gasteiger partial charge in [-0.3, -0.25) is 0 Å². The molecule has 0 aliphatic rings. The predicted octanol–water partition coefficient (Wildman–Crippen LogP) is 1.72. The van der Waals surface area contributed by atoms with Crippen LogP contribution in [0.2, 0.25) is 0 Å². The SMILES string of the molecule is N#CC(F)C(Cl)C(F)F. The van der Waals surface area contributed by atoms with Crippen LogP contribution in [-0.4, -0.2) is 18.0 Å². The van der Waals surface area contributed by atoms with Crippen LogP contribution in [0.25, 0.3) is 0 Å². The van der Waals surface area contributed by atoms with E-state index >= 15 is 0 Å². The summed E-state index contributed by atoms with van der Waals surface area (Å²) in [4.78, 5) is 0. The second-order valence-corrected chi connectivity index (χ2v) is 1.81. The van der Waals surface area contributed by atoms with Crippen molar-refractivity contribution in [2.24, 2.45) is 0 Å². The smallest absolute Gasteiger partial charge is 0.229 e. The monoisotopic (exact) mass is 157 g/mol. The van der Waals surface area contributed by atoms with Gasteiger partial charge in [0.25, 0.3) is 6.43 Å². The zero-order chi connectivity index (χ0) is 7.44. The summed E-state index contributed by atoms with van der Waals surface area (Å²) in [6.45, 7) is 0. The third-order valence-electron chi connectivity index (χ3n) is 0.644. The summed E-state index contributed by atoms with van der Waals surface area (Å²) in [5.41, 5.74) is 0. The first-order chi connectivity index (χ1) is 4.09. The molecule has 2 atom stereocenters. The minimum atomic E-state index is -2.98. The number of halogens is 4. The molecule has 0 bridgehead atoms. The van der Waals surface area contributed by atoms with Gasteiger partial charge in [0.15, 0.2) is 0 Å². The lowest BCUT2D eigenvalue weighted by molar-refractivity contribution is 0.119. The van der Waals surface area contributed by atoms with Crippen LogP contribution in [0.1, 0.15) is 0 Å². The highest BCUT2D eigenvalue weighted by Crippen LogP contribution is 2.14. The van der Waals surface area contributed by atoms with Crippen LogP contribution in [-0.2, 0) is 0 Å². The number of alkyl halides is 4. The molecule has 1 nitrogen and oxygen atoms in total. The molecule has 5 heteroatoms. The lowest BCUT2D eigenvalue weighted by atomic mass is 10.3. The summed E-state index contributed by atoms with van der Waals surface area (Å²) in [6.07, 6.45) is -5.27. The van der Waals surface area contributed by atoms with E-state index in [9.17, 15) is 13.2 Å². The average Bonchev–Trinajstić information content (AvgIpc) is 1.84. The highest BCUT2D eigenvalue weighted by molar-refractivity contribution is 6.21. The zero-order valence-electron chi connectivity index (χ0n) is 4.19. The third kappa shape index (κ3) is 2.56. The molecule has 0 saturated carbocycles. The van der Waals surface area contributed by atoms with Crippen LogP contribution >= 0.6 is 11.6 Å². The van der Waals surface area contributed by atoms with Crippen molar-refractivity contribution in [3.8, 4) is 6.07 Å². The largest absolute Gasteiger partial charge is 0.258 e. The van der Waals surface area contributed by atoms with E-state index in [4.69, 9.17) is 16.9 Å². The Morgan fingerprint density at radius 3 is 1.89 bits per heavy atom. The highest BCUT2D eigenvalue weighted by atomic mass is 35.5. The van der Waals surface area contributed by atoms with Gasteiger partial charge < -0.3 is 0 Å². The summed E-state index contributed by atoms with van der Waals surface area (Å²) < 4.78 is 34.5. The Labute approximate surface area is 55.0 Å². The van der Waals surface area contributed by atoms with E-state index in [2.05, 4.69) is 0 Å². The summed E-state index contributed by atoms with van der Waals surface area (Å²) in [6, 6.07) is 0.967. The zero-order valence-corrected chi connectivity index (χ0v) is 4.95. The fourth-order valence-corrected chi connectivity index (χ4v) is 0.255. The second kappa shape index (κ2) is 3.57. The van der Waals surface area contributed by atoms with Crippen molar-refractivity contribution in [1.29, 1.82) is 5.26 Å². The molecule has 52 valence electrons. The number of nitrogens with zero attached hydrogens (tertiary/aromatic N) is 1. The lowest BCUT2D eigenvalue weighted by Crippen LogP contribution is -2.22. The topological polar surface area (TPSA) is 23.8 Å². The fraction of sp³-hybridized carbons (Fsp3) is 0.750. The molecule has 0 aromatic heterocycles. The molecule has 2 unspecified atom stereocenters. The van der Waals surface area contributed by atoms with E-state index in [-0.39, 0.29) is 0 Å². The number of rotatable bonds is 2. The van der Waals surface area contributed by atoms with Gasteiger partial charge in [-0.2, -0.15) is 5.26 Å². The molecule has 0 aliphatic heterocycles. The Kier molecular flexibility index (Phi) is 3.40. The Hall–Kier alpha value is -0.430. The summed E-state index contributed by atoms with van der Waals surface area (Å²) in [5, 5.41) is 5.71. The molecule has 0 heterocycles. The number of nitriles is 1. The Morgan fingerprint density at radius 1 is 1.33 bits per heavy atom. The molecule has 0 aromatic rings. The van der Waals surface area contributed by atoms with Crippen LogP contribution in [0.5, 0.6) is 0 Å². The van der Waals surface area contributed by atoms with Gasteiger partial charge in [-0.1, -0.05) is 0 Å². The minimum Gasteiger partial charge on any atom is -0.229 e. The molecule has 0 spiro atoms. The van der Waals surface area contributed by atoms with Gasteiger partial charge in [-0.25, -0.2) is 13.2 Å². The average molecular weight is 158 g/mol. The molecule has 9 heavy (non-hydrogen) atoms. The quantitative estimate of drug-likeness (QED) is 0.560. The predicted molar refractivity (Wildman–Crippen MR) is 26.2 cm³/mol. The van der Waals surface area contributed by atoms with E-state index < -0.39 is 18.0 Å². The van der Waals surface area contributed by atoms with Gasteiger partial charge in [0.05, 0.1) is 0 Å². The van der Waals surface area contributed by atoms with E-state index in [1.54, 1.807) is 0 Å². The van der Waals surface area contributed by atoms with Gasteiger partial charge in [0.2, 0.25) is 6.17 Å². The van der Waals surface area contributed by atoms with E-state index in [1.807, 2.05) is 0 Å². The Balaban J connectivity index is 3.76. The van der Waals surface area contributed by atoms with Crippen LogP contribution in [0.3, 0.4) is 0 Å². The summed E-state index contributed by atoms with van der Waals surface area (Å²) >= 11 is 4.72. The van der Waals surface area contributed by atoms with Crippen molar-refractivity contribution in [2.45, 2.75) is 18.0 Å². The Morgan fingerprint density at radius 2 is 1.78 bits per heavy atom. The van der Waals surface area contributed by atoms with Gasteiger partial charge in [-0.05, 0) is 0 Å². The molecule has 0 aromatic carbocycles. The number of hydrogen-bond donors (Lipinski definition) is 0. The maximum Gasteiger partial charge on any atom is 0.258 e. The number of hydrogen-bond acceptors (Lipinski definition) is 1. The molecule has 0 fully saturated rings. The molecule has 0 amide bonds. The van der Waals surface area contributed by atoms with Crippen molar-refractivity contribution in [2.75, 3.05) is 0 Å². The van der Waals surface area contributed by atoms with Crippen molar-refractivity contribution < 1.29 is 13.2 Å². The maximum atomic E-state index is 11.8. The molecule has 0 rings (SSSR count). The first-order valence-corrected chi connectivity index (χ1v) is 2.49. The van der Waals surface area contributed by atoms with E-state index in [0.717, 1.165) is 6.07 Å². The molecular formula is C4H3ClF3N. The summed E-state index contributed by atoms with van der Waals surface area (Å²) in [5.74, 6) is 0. The first-order valence-electron chi connectivity index (χ1n) is 2.05. The molecule has 0 saturated heterocycles. The van der Waals surface area contributed by atoms with Gasteiger partial charge in [0, 0.05) is 0 Å². The summed E-state index contributed by atoms with van der Waals surface area (Å²) in [7, 11) is 0. The standard InChI is InChI=1S/C4H3ClF3N/c5-3(4(7)8)2(6)1-9/h2-4H. The van der Waals surface area contributed by atoms with Crippen LogP contribution < -0.4 is 0 Å². The highest BCUT2D eigenvalue weighted by Gasteiger charge is 2.27. The van der Waals surface area contributed by atoms with Crippen LogP contribution in [0, 0.1) is 11.3 Å². The third-order valence-corrected chi connectivity index (χ3v) is 1.06. The lowest BCUT2D eigenvalue weighted by Gasteiger charge is -2.04. The van der Waals surface area contributed by atoms with Crippen molar-refractivity contribution in [1.82, 2.24) is 0 Å². The normalized spacial score (nSPS) is 16.9. The van der Waals surface area contributed by atoms with Gasteiger partial charge in [-0.15, -0.1) is 11.6 Å². The second-order valence-electron chi connectivity index (χ2n) is 1.31. The van der Waals surface area contributed by atoms with Crippen molar-refractivity contribution in [3.63, 3.8) is 0 Å². The van der Waals surface area contributed by atoms with Crippen LogP contribution in [0.15, 0.2) is 0 Å².